The highest BCUT2D eigenvalue weighted by atomic mass is 16.3. The van der Waals surface area contributed by atoms with Crippen LogP contribution in [0, 0.1) is 5.92 Å². The predicted octanol–water partition coefficient (Wildman–Crippen LogP) is 1.49. The van der Waals surface area contributed by atoms with Crippen LogP contribution in [0.1, 0.15) is 34.1 Å². The van der Waals surface area contributed by atoms with Gasteiger partial charge < -0.3 is 5.11 Å². The topological polar surface area (TPSA) is 23.5 Å². The molecule has 12 heavy (non-hydrogen) atoms. The molecule has 1 aliphatic rings. The molecule has 72 valence electrons. The molecule has 0 amide bonds. The van der Waals surface area contributed by atoms with Gasteiger partial charge in [0.2, 0.25) is 0 Å². The maximum Gasteiger partial charge on any atom is 0.0618 e. The second kappa shape index (κ2) is 3.35. The second-order valence-corrected chi connectivity index (χ2v) is 4.45. The molecule has 0 aromatic carbocycles. The minimum Gasteiger partial charge on any atom is -0.394 e. The number of aliphatic hydroxyl groups excluding tert-OH is 1. The van der Waals surface area contributed by atoms with E-state index in [0.717, 1.165) is 13.0 Å². The molecule has 0 aromatic heterocycles. The molecule has 0 bridgehead atoms. The summed E-state index contributed by atoms with van der Waals surface area (Å²) in [5.74, 6) is 0.554. The molecular weight excluding hydrogens is 150 g/mol. The normalized spacial score (nSPS) is 31.2. The van der Waals surface area contributed by atoms with Crippen molar-refractivity contribution < 1.29 is 5.11 Å². The molecule has 0 spiro atoms. The smallest absolute Gasteiger partial charge is 0.0618 e. The molecule has 2 nitrogen and oxygen atoms in total. The van der Waals surface area contributed by atoms with Crippen LogP contribution in [-0.2, 0) is 0 Å². The van der Waals surface area contributed by atoms with Crippen LogP contribution in [-0.4, -0.2) is 34.7 Å². The van der Waals surface area contributed by atoms with Gasteiger partial charge in [-0.1, -0.05) is 13.8 Å². The van der Waals surface area contributed by atoms with Gasteiger partial charge in [0.25, 0.3) is 0 Å². The van der Waals surface area contributed by atoms with Crippen LogP contribution in [0.2, 0.25) is 0 Å². The van der Waals surface area contributed by atoms with E-state index in [1.807, 2.05) is 0 Å². The third-order valence-corrected chi connectivity index (χ3v) is 3.33. The Morgan fingerprint density at radius 2 is 1.92 bits per heavy atom. The van der Waals surface area contributed by atoms with Gasteiger partial charge in [0.15, 0.2) is 0 Å². The van der Waals surface area contributed by atoms with Crippen LogP contribution >= 0.6 is 0 Å². The molecule has 0 unspecified atom stereocenters. The van der Waals surface area contributed by atoms with Crippen LogP contribution in [0.15, 0.2) is 0 Å². The first-order valence-electron chi connectivity index (χ1n) is 4.92. The maximum absolute atomic E-state index is 9.38. The molecule has 1 rings (SSSR count). The number of rotatable bonds is 3. The number of aliphatic hydroxyl groups is 1. The highest BCUT2D eigenvalue weighted by Crippen LogP contribution is 2.38. The summed E-state index contributed by atoms with van der Waals surface area (Å²) in [6, 6.07) is 0.563. The first kappa shape index (κ1) is 10.0. The van der Waals surface area contributed by atoms with Gasteiger partial charge in [0, 0.05) is 18.1 Å². The third kappa shape index (κ3) is 1.27. The van der Waals surface area contributed by atoms with Gasteiger partial charge in [-0.3, -0.25) is 4.90 Å². The Morgan fingerprint density at radius 3 is 2.00 bits per heavy atom. The van der Waals surface area contributed by atoms with Gasteiger partial charge in [0.05, 0.1) is 6.61 Å². The first-order valence-corrected chi connectivity index (χ1v) is 4.92. The summed E-state index contributed by atoms with van der Waals surface area (Å²) in [6.07, 6.45) is 1.15. The number of likely N-dealkylation sites (tertiary alicyclic amines) is 1. The van der Waals surface area contributed by atoms with Crippen molar-refractivity contribution in [3.8, 4) is 0 Å². The fourth-order valence-corrected chi connectivity index (χ4v) is 2.27. The van der Waals surface area contributed by atoms with Crippen molar-refractivity contribution in [2.75, 3.05) is 13.2 Å². The van der Waals surface area contributed by atoms with E-state index >= 15 is 0 Å². The fourth-order valence-electron chi connectivity index (χ4n) is 2.27. The predicted molar refractivity (Wildman–Crippen MR) is 51.1 cm³/mol. The molecule has 1 aliphatic heterocycles. The van der Waals surface area contributed by atoms with E-state index in [4.69, 9.17) is 0 Å². The lowest BCUT2D eigenvalue weighted by Gasteiger charge is -2.56. The zero-order chi connectivity index (χ0) is 9.35. The standard InChI is InChI=1S/C10H21NO/c1-8(2)10(7-12)5-6-11(10)9(3)4/h8-9,12H,5-7H2,1-4H3/t10-/m1/s1. The largest absolute Gasteiger partial charge is 0.394 e. The van der Waals surface area contributed by atoms with Gasteiger partial charge >= 0.3 is 0 Å². The Morgan fingerprint density at radius 1 is 1.33 bits per heavy atom. The quantitative estimate of drug-likeness (QED) is 0.695. The van der Waals surface area contributed by atoms with E-state index in [-0.39, 0.29) is 5.54 Å². The van der Waals surface area contributed by atoms with Crippen molar-refractivity contribution in [3.05, 3.63) is 0 Å². The molecule has 1 heterocycles. The summed E-state index contributed by atoms with van der Waals surface area (Å²) in [6.45, 7) is 10.3. The summed E-state index contributed by atoms with van der Waals surface area (Å²) >= 11 is 0. The Kier molecular flexibility index (Phi) is 2.79. The average molecular weight is 171 g/mol. The highest BCUT2D eigenvalue weighted by molar-refractivity contribution is 5.02. The van der Waals surface area contributed by atoms with E-state index in [2.05, 4.69) is 32.6 Å². The van der Waals surface area contributed by atoms with Crippen molar-refractivity contribution in [2.45, 2.75) is 45.7 Å². The zero-order valence-corrected chi connectivity index (χ0v) is 8.67. The van der Waals surface area contributed by atoms with Gasteiger partial charge in [-0.2, -0.15) is 0 Å². The molecule has 1 N–H and O–H groups in total. The van der Waals surface area contributed by atoms with E-state index < -0.39 is 0 Å². The number of hydrogen-bond acceptors (Lipinski definition) is 2. The SMILES string of the molecule is CC(C)N1CC[C@@]1(CO)C(C)C. The van der Waals surface area contributed by atoms with Crippen LogP contribution in [0.3, 0.4) is 0 Å². The number of nitrogens with zero attached hydrogens (tertiary/aromatic N) is 1. The third-order valence-electron chi connectivity index (χ3n) is 3.33. The van der Waals surface area contributed by atoms with Crippen molar-refractivity contribution in [1.82, 2.24) is 4.90 Å². The van der Waals surface area contributed by atoms with E-state index in [1.54, 1.807) is 0 Å². The lowest BCUT2D eigenvalue weighted by atomic mass is 9.75. The molecule has 2 heteroatoms. The zero-order valence-electron chi connectivity index (χ0n) is 8.67. The minimum absolute atomic E-state index is 0.0914. The van der Waals surface area contributed by atoms with Gasteiger partial charge in [-0.25, -0.2) is 0 Å². The van der Waals surface area contributed by atoms with Crippen LogP contribution in [0.25, 0.3) is 0 Å². The molecule has 0 aromatic rings. The molecule has 0 saturated carbocycles. The summed E-state index contributed by atoms with van der Waals surface area (Å²) in [7, 11) is 0. The maximum atomic E-state index is 9.38. The Labute approximate surface area is 75.6 Å². The van der Waals surface area contributed by atoms with Crippen LogP contribution in [0.4, 0.5) is 0 Å². The molecule has 1 atom stereocenters. The van der Waals surface area contributed by atoms with Gasteiger partial charge in [-0.05, 0) is 26.2 Å². The van der Waals surface area contributed by atoms with Gasteiger partial charge in [-0.15, -0.1) is 0 Å². The molecule has 1 fully saturated rings. The van der Waals surface area contributed by atoms with Gasteiger partial charge in [0.1, 0.15) is 0 Å². The van der Waals surface area contributed by atoms with Crippen LogP contribution in [0.5, 0.6) is 0 Å². The van der Waals surface area contributed by atoms with Crippen molar-refractivity contribution in [3.63, 3.8) is 0 Å². The average Bonchev–Trinajstić information content (AvgIpc) is 1.84. The Hall–Kier alpha value is -0.0800. The molecule has 1 saturated heterocycles. The molecular formula is C10H21NO. The summed E-state index contributed by atoms with van der Waals surface area (Å²) in [4.78, 5) is 2.41. The van der Waals surface area contributed by atoms with E-state index in [9.17, 15) is 5.11 Å². The van der Waals surface area contributed by atoms with Crippen molar-refractivity contribution in [2.24, 2.45) is 5.92 Å². The molecule has 0 radical (unpaired) electrons. The lowest BCUT2D eigenvalue weighted by Crippen LogP contribution is -2.67. The van der Waals surface area contributed by atoms with E-state index in [0.29, 0.717) is 18.6 Å². The summed E-state index contributed by atoms with van der Waals surface area (Å²) in [5, 5.41) is 9.38. The fraction of sp³-hybridized carbons (Fsp3) is 1.00. The number of hydrogen-bond donors (Lipinski definition) is 1. The molecule has 0 aliphatic carbocycles. The van der Waals surface area contributed by atoms with Crippen molar-refractivity contribution >= 4 is 0 Å². The summed E-state index contributed by atoms with van der Waals surface area (Å²) < 4.78 is 0. The first-order chi connectivity index (χ1) is 5.54. The highest BCUT2D eigenvalue weighted by Gasteiger charge is 2.47. The second-order valence-electron chi connectivity index (χ2n) is 4.45. The Bertz CT molecular complexity index is 152. The minimum atomic E-state index is 0.0914. The lowest BCUT2D eigenvalue weighted by molar-refractivity contribution is -0.103. The van der Waals surface area contributed by atoms with Crippen molar-refractivity contribution in [1.29, 1.82) is 0 Å². The Balaban J connectivity index is 2.68. The van der Waals surface area contributed by atoms with E-state index in [1.165, 1.54) is 0 Å². The summed E-state index contributed by atoms with van der Waals surface area (Å²) in [5.41, 5.74) is 0.0914. The van der Waals surface area contributed by atoms with Crippen LogP contribution < -0.4 is 0 Å². The monoisotopic (exact) mass is 171 g/mol.